The summed E-state index contributed by atoms with van der Waals surface area (Å²) in [7, 11) is -3.65. The summed E-state index contributed by atoms with van der Waals surface area (Å²) in [6, 6.07) is 5.45. The average molecular weight is 450 g/mol. The van der Waals surface area contributed by atoms with Crippen LogP contribution in [0.25, 0.3) is 0 Å². The number of ether oxygens (including phenoxy) is 1. The summed E-state index contributed by atoms with van der Waals surface area (Å²) < 4.78 is 33.4. The number of piperidine rings is 1. The van der Waals surface area contributed by atoms with Crippen LogP contribution in [0.1, 0.15) is 58.3 Å². The fourth-order valence-electron chi connectivity index (χ4n) is 5.44. The van der Waals surface area contributed by atoms with E-state index < -0.39 is 10.0 Å². The molecule has 31 heavy (non-hydrogen) atoms. The van der Waals surface area contributed by atoms with Gasteiger partial charge in [-0.05, 0) is 76.1 Å². The van der Waals surface area contributed by atoms with Crippen molar-refractivity contribution in [3.63, 3.8) is 0 Å². The molecule has 1 saturated carbocycles. The zero-order valence-corrected chi connectivity index (χ0v) is 19.3. The number of benzene rings is 1. The van der Waals surface area contributed by atoms with Crippen LogP contribution in [0.5, 0.6) is 5.75 Å². The number of fused-ring (bicyclic) bond motifs is 1. The normalized spacial score (nSPS) is 25.2. The van der Waals surface area contributed by atoms with E-state index in [1.165, 1.54) is 36.4 Å². The second-order valence-corrected chi connectivity index (χ2v) is 10.9. The topological polar surface area (TPSA) is 79.0 Å². The lowest BCUT2D eigenvalue weighted by molar-refractivity contribution is -0.118. The van der Waals surface area contributed by atoms with Gasteiger partial charge in [0.2, 0.25) is 15.9 Å². The average Bonchev–Trinajstić information content (AvgIpc) is 3.31. The van der Waals surface area contributed by atoms with Crippen molar-refractivity contribution in [1.82, 2.24) is 9.21 Å². The molecule has 1 aromatic carbocycles. The van der Waals surface area contributed by atoms with E-state index in [0.29, 0.717) is 43.7 Å². The number of nitrogens with zero attached hydrogens (tertiary/aromatic N) is 2. The molecular formula is C23H35N3O4S. The molecular weight excluding hydrogens is 414 g/mol. The Hall–Kier alpha value is -1.64. The summed E-state index contributed by atoms with van der Waals surface area (Å²) in [4.78, 5) is 15.3. The molecule has 1 N–H and O–H groups in total. The molecule has 172 valence electrons. The van der Waals surface area contributed by atoms with E-state index in [9.17, 15) is 13.2 Å². The zero-order valence-electron chi connectivity index (χ0n) is 18.5. The predicted molar refractivity (Wildman–Crippen MR) is 121 cm³/mol. The van der Waals surface area contributed by atoms with Gasteiger partial charge in [-0.3, -0.25) is 9.69 Å². The van der Waals surface area contributed by atoms with Gasteiger partial charge in [-0.25, -0.2) is 8.42 Å². The number of nitrogens with one attached hydrogen (secondary N) is 1. The molecule has 7 nitrogen and oxygen atoms in total. The summed E-state index contributed by atoms with van der Waals surface area (Å²) in [5.41, 5.74) is 0.503. The van der Waals surface area contributed by atoms with Gasteiger partial charge in [0, 0.05) is 24.8 Å². The molecule has 0 aromatic heterocycles. The maximum atomic E-state index is 13.2. The van der Waals surface area contributed by atoms with Gasteiger partial charge >= 0.3 is 0 Å². The minimum atomic E-state index is -3.65. The van der Waals surface area contributed by atoms with Crippen LogP contribution in [0.4, 0.5) is 5.69 Å². The Morgan fingerprint density at radius 2 is 1.81 bits per heavy atom. The number of hydrogen-bond acceptors (Lipinski definition) is 5. The van der Waals surface area contributed by atoms with Crippen molar-refractivity contribution in [2.75, 3.05) is 38.1 Å². The summed E-state index contributed by atoms with van der Waals surface area (Å²) >= 11 is 0. The van der Waals surface area contributed by atoms with E-state index >= 15 is 0 Å². The maximum Gasteiger partial charge on any atom is 0.246 e. The lowest BCUT2D eigenvalue weighted by Gasteiger charge is -2.43. The van der Waals surface area contributed by atoms with E-state index in [2.05, 4.69) is 10.2 Å². The molecule has 1 amide bonds. The molecule has 2 aliphatic heterocycles. The molecule has 1 aromatic rings. The van der Waals surface area contributed by atoms with Crippen LogP contribution in [-0.4, -0.2) is 62.4 Å². The number of sulfonamides is 1. The minimum Gasteiger partial charge on any atom is -0.492 e. The molecule has 4 rings (SSSR count). The van der Waals surface area contributed by atoms with Gasteiger partial charge in [-0.15, -0.1) is 0 Å². The Morgan fingerprint density at radius 1 is 1.06 bits per heavy atom. The van der Waals surface area contributed by atoms with Crippen LogP contribution in [-0.2, 0) is 14.8 Å². The summed E-state index contributed by atoms with van der Waals surface area (Å²) in [5.74, 6) is 0.978. The molecule has 2 saturated heterocycles. The Kier molecular flexibility index (Phi) is 7.19. The van der Waals surface area contributed by atoms with Crippen LogP contribution in [0, 0.1) is 5.92 Å². The highest BCUT2D eigenvalue weighted by Crippen LogP contribution is 2.35. The van der Waals surface area contributed by atoms with Crippen molar-refractivity contribution >= 4 is 21.6 Å². The van der Waals surface area contributed by atoms with Crippen LogP contribution in [0.15, 0.2) is 23.1 Å². The van der Waals surface area contributed by atoms with Gasteiger partial charge in [0.1, 0.15) is 10.6 Å². The number of anilines is 1. The first kappa shape index (κ1) is 22.6. The smallest absolute Gasteiger partial charge is 0.246 e. The van der Waals surface area contributed by atoms with Crippen molar-refractivity contribution in [1.29, 1.82) is 0 Å². The van der Waals surface area contributed by atoms with Crippen molar-refractivity contribution in [2.24, 2.45) is 5.92 Å². The highest BCUT2D eigenvalue weighted by atomic mass is 32.2. The third-order valence-electron chi connectivity index (χ3n) is 6.92. The van der Waals surface area contributed by atoms with Gasteiger partial charge in [-0.2, -0.15) is 4.31 Å². The predicted octanol–water partition coefficient (Wildman–Crippen LogP) is 3.46. The number of carbonyl (C=O) groups is 1. The van der Waals surface area contributed by atoms with Gasteiger partial charge in [-0.1, -0.05) is 12.8 Å². The lowest BCUT2D eigenvalue weighted by Crippen LogP contribution is -2.49. The monoisotopic (exact) mass is 449 g/mol. The first-order valence-corrected chi connectivity index (χ1v) is 13.2. The second kappa shape index (κ2) is 9.88. The zero-order chi connectivity index (χ0) is 21.8. The van der Waals surface area contributed by atoms with Crippen LogP contribution in [0.3, 0.4) is 0 Å². The summed E-state index contributed by atoms with van der Waals surface area (Å²) in [6.07, 6.45) is 9.18. The number of amides is 1. The number of carbonyl (C=O) groups excluding carboxylic acids is 1. The molecule has 0 unspecified atom stereocenters. The SMILES string of the molecule is CCOc1ccc(NC(=O)CN2CCC[C@@H]3CCCC[C@@H]32)cc1S(=O)(=O)N1CCCC1. The van der Waals surface area contributed by atoms with Crippen LogP contribution < -0.4 is 10.1 Å². The third-order valence-corrected chi connectivity index (χ3v) is 8.83. The third kappa shape index (κ3) is 5.07. The molecule has 0 spiro atoms. The van der Waals surface area contributed by atoms with E-state index in [4.69, 9.17) is 4.74 Å². The van der Waals surface area contributed by atoms with E-state index in [1.807, 2.05) is 6.92 Å². The first-order chi connectivity index (χ1) is 15.0. The Bertz CT molecular complexity index is 881. The van der Waals surface area contributed by atoms with E-state index in [1.54, 1.807) is 18.2 Å². The van der Waals surface area contributed by atoms with Crippen molar-refractivity contribution in [2.45, 2.75) is 69.2 Å². The Labute approximate surface area is 186 Å². The second-order valence-electron chi connectivity index (χ2n) is 8.98. The minimum absolute atomic E-state index is 0.0834. The summed E-state index contributed by atoms with van der Waals surface area (Å²) in [6.45, 7) is 4.60. The fraction of sp³-hybridized carbons (Fsp3) is 0.696. The number of hydrogen-bond donors (Lipinski definition) is 1. The lowest BCUT2D eigenvalue weighted by atomic mass is 9.78. The molecule has 1 aliphatic carbocycles. The largest absolute Gasteiger partial charge is 0.492 e. The molecule has 0 bridgehead atoms. The van der Waals surface area contributed by atoms with Crippen molar-refractivity contribution < 1.29 is 17.9 Å². The number of likely N-dealkylation sites (tertiary alicyclic amines) is 1. The van der Waals surface area contributed by atoms with Gasteiger partial charge in [0.15, 0.2) is 0 Å². The summed E-state index contributed by atoms with van der Waals surface area (Å²) in [5, 5.41) is 2.94. The molecule has 3 aliphatic rings. The quantitative estimate of drug-likeness (QED) is 0.690. The van der Waals surface area contributed by atoms with Crippen molar-refractivity contribution in [3.05, 3.63) is 18.2 Å². The maximum absolute atomic E-state index is 13.2. The van der Waals surface area contributed by atoms with E-state index in [-0.39, 0.29) is 10.8 Å². The van der Waals surface area contributed by atoms with Gasteiger partial charge in [0.25, 0.3) is 0 Å². The van der Waals surface area contributed by atoms with Crippen molar-refractivity contribution in [3.8, 4) is 5.75 Å². The highest BCUT2D eigenvalue weighted by Gasteiger charge is 2.34. The first-order valence-electron chi connectivity index (χ1n) is 11.8. The molecule has 2 heterocycles. The molecule has 2 atom stereocenters. The Balaban J connectivity index is 1.48. The highest BCUT2D eigenvalue weighted by molar-refractivity contribution is 7.89. The Morgan fingerprint density at radius 3 is 2.58 bits per heavy atom. The van der Waals surface area contributed by atoms with E-state index in [0.717, 1.165) is 31.7 Å². The van der Waals surface area contributed by atoms with Gasteiger partial charge in [0.05, 0.1) is 13.2 Å². The van der Waals surface area contributed by atoms with Gasteiger partial charge < -0.3 is 10.1 Å². The molecule has 0 radical (unpaired) electrons. The van der Waals surface area contributed by atoms with Crippen LogP contribution >= 0.6 is 0 Å². The molecule has 8 heteroatoms. The number of rotatable bonds is 7. The molecule has 3 fully saturated rings. The standard InChI is InChI=1S/C23H35N3O4S/c1-2-30-21-12-11-19(16-22(21)31(28,29)26-14-5-6-15-26)24-23(27)17-25-13-7-9-18-8-3-4-10-20(18)25/h11-12,16,18,20H,2-10,13-15,17H2,1H3,(H,24,27)/t18-,20-/m0/s1. The fourth-order valence-corrected chi connectivity index (χ4v) is 7.11. The van der Waals surface area contributed by atoms with Crippen LogP contribution in [0.2, 0.25) is 0 Å².